The molecule has 144 valence electrons. The summed E-state index contributed by atoms with van der Waals surface area (Å²) in [5.41, 5.74) is 0.295. The second-order valence-corrected chi connectivity index (χ2v) is 8.50. The topological polar surface area (TPSA) is 71.2 Å². The Labute approximate surface area is 160 Å². The largest absolute Gasteiger partial charge is 0.389 e. The van der Waals surface area contributed by atoms with Crippen LogP contribution in [0.4, 0.5) is 0 Å². The van der Waals surface area contributed by atoms with E-state index in [0.717, 1.165) is 37.5 Å². The lowest BCUT2D eigenvalue weighted by Crippen LogP contribution is -2.30. The predicted octanol–water partition coefficient (Wildman–Crippen LogP) is 2.29. The lowest BCUT2D eigenvalue weighted by atomic mass is 9.95. The smallest absolute Gasteiger partial charge is 0.222 e. The molecule has 2 aromatic rings. The number of benzene rings is 1. The maximum atomic E-state index is 11.9. The maximum Gasteiger partial charge on any atom is 0.222 e. The molecule has 1 aliphatic heterocycles. The van der Waals surface area contributed by atoms with Gasteiger partial charge in [-0.25, -0.2) is 9.67 Å². The zero-order chi connectivity index (χ0) is 19.1. The van der Waals surface area contributed by atoms with Crippen molar-refractivity contribution in [2.75, 3.05) is 13.1 Å². The zero-order valence-corrected chi connectivity index (χ0v) is 16.2. The van der Waals surface area contributed by atoms with E-state index in [-0.39, 0.29) is 11.3 Å². The molecule has 1 aromatic carbocycles. The van der Waals surface area contributed by atoms with Gasteiger partial charge in [0.25, 0.3) is 0 Å². The monoisotopic (exact) mass is 368 g/mol. The van der Waals surface area contributed by atoms with Crippen LogP contribution in [0.3, 0.4) is 0 Å². The van der Waals surface area contributed by atoms with E-state index < -0.39 is 5.60 Å². The van der Waals surface area contributed by atoms with Crippen LogP contribution >= 0.6 is 0 Å². The van der Waals surface area contributed by atoms with Crippen LogP contribution in [-0.2, 0) is 23.2 Å². The summed E-state index contributed by atoms with van der Waals surface area (Å²) in [6.07, 6.45) is 4.36. The van der Waals surface area contributed by atoms with Crippen LogP contribution < -0.4 is 0 Å². The molecule has 6 nitrogen and oxygen atoms in total. The van der Waals surface area contributed by atoms with E-state index in [4.69, 9.17) is 10.1 Å². The lowest BCUT2D eigenvalue weighted by molar-refractivity contribution is -0.127. The minimum Gasteiger partial charge on any atom is -0.389 e. The minimum atomic E-state index is -0.868. The molecule has 0 radical (unpaired) electrons. The fraction of sp³-hybridized carbons (Fsp3) is 0.571. The van der Waals surface area contributed by atoms with Crippen molar-refractivity contribution in [3.8, 4) is 0 Å². The summed E-state index contributed by atoms with van der Waals surface area (Å²) in [6, 6.07) is 10.4. The molecular formula is C21H28N4O2. The molecule has 1 amide bonds. The molecule has 2 fully saturated rings. The first-order valence-electron chi connectivity index (χ1n) is 9.87. The Kier molecular flexibility index (Phi) is 4.54. The van der Waals surface area contributed by atoms with Gasteiger partial charge < -0.3 is 10.0 Å². The number of nitrogens with zero attached hydrogens (tertiary/aromatic N) is 4. The number of amides is 1. The van der Waals surface area contributed by atoms with Gasteiger partial charge in [0.1, 0.15) is 5.82 Å². The standard InChI is InChI=1S/C21H28N4O2/c1-20(2,27)15-25-17(10-14-24-13-6-9-18(24)26)22-19(23-25)21(11-12-21)16-7-4-3-5-8-16/h3-5,7-8,27H,6,9-15H2,1-2H3. The van der Waals surface area contributed by atoms with Gasteiger partial charge in [-0.15, -0.1) is 0 Å². The molecule has 6 heteroatoms. The van der Waals surface area contributed by atoms with Crippen LogP contribution in [0, 0.1) is 0 Å². The number of likely N-dealkylation sites (tertiary alicyclic amines) is 1. The number of rotatable bonds is 7. The number of carbonyl (C=O) groups is 1. The second kappa shape index (κ2) is 6.75. The second-order valence-electron chi connectivity index (χ2n) is 8.50. The lowest BCUT2D eigenvalue weighted by Gasteiger charge is -2.19. The molecule has 0 atom stereocenters. The highest BCUT2D eigenvalue weighted by Gasteiger charge is 2.49. The van der Waals surface area contributed by atoms with Crippen LogP contribution in [0.25, 0.3) is 0 Å². The highest BCUT2D eigenvalue weighted by molar-refractivity contribution is 5.78. The van der Waals surface area contributed by atoms with Crippen LogP contribution in [0.5, 0.6) is 0 Å². The molecule has 27 heavy (non-hydrogen) atoms. The number of hydrogen-bond donors (Lipinski definition) is 1. The Bertz CT molecular complexity index is 818. The average Bonchev–Trinajstić information content (AvgIpc) is 3.20. The summed E-state index contributed by atoms with van der Waals surface area (Å²) >= 11 is 0. The fourth-order valence-corrected chi connectivity index (χ4v) is 3.95. The van der Waals surface area contributed by atoms with Crippen molar-refractivity contribution in [1.29, 1.82) is 0 Å². The molecule has 2 heterocycles. The third-order valence-electron chi connectivity index (χ3n) is 5.57. The molecular weight excluding hydrogens is 340 g/mol. The van der Waals surface area contributed by atoms with Crippen molar-refractivity contribution in [3.05, 3.63) is 47.5 Å². The summed E-state index contributed by atoms with van der Waals surface area (Å²) in [7, 11) is 0. The maximum absolute atomic E-state index is 11.9. The predicted molar refractivity (Wildman–Crippen MR) is 102 cm³/mol. The minimum absolute atomic E-state index is 0.0929. The van der Waals surface area contributed by atoms with Gasteiger partial charge in [-0.05, 0) is 38.7 Å². The van der Waals surface area contributed by atoms with Crippen molar-refractivity contribution in [3.63, 3.8) is 0 Å². The van der Waals surface area contributed by atoms with Crippen LogP contribution in [0.1, 0.15) is 56.7 Å². The quantitative estimate of drug-likeness (QED) is 0.814. The molecule has 1 saturated heterocycles. The van der Waals surface area contributed by atoms with Gasteiger partial charge in [0, 0.05) is 25.9 Å². The van der Waals surface area contributed by atoms with Gasteiger partial charge in [-0.1, -0.05) is 30.3 Å². The Morgan fingerprint density at radius 1 is 1.22 bits per heavy atom. The van der Waals surface area contributed by atoms with Gasteiger partial charge in [0.2, 0.25) is 5.91 Å². The molecule has 4 rings (SSSR count). The van der Waals surface area contributed by atoms with Gasteiger partial charge in [-0.3, -0.25) is 4.79 Å². The SMILES string of the molecule is CC(C)(O)Cn1nc(C2(c3ccccc3)CC2)nc1CCN1CCCC1=O. The first-order chi connectivity index (χ1) is 12.9. The highest BCUT2D eigenvalue weighted by atomic mass is 16.3. The summed E-state index contributed by atoms with van der Waals surface area (Å²) in [4.78, 5) is 18.7. The molecule has 1 N–H and O–H groups in total. The molecule has 0 bridgehead atoms. The first-order valence-corrected chi connectivity index (χ1v) is 9.87. The number of aromatic nitrogens is 3. The molecule has 2 aliphatic rings. The van der Waals surface area contributed by atoms with Crippen LogP contribution in [0.2, 0.25) is 0 Å². The summed E-state index contributed by atoms with van der Waals surface area (Å²) in [6.45, 7) is 5.47. The van der Waals surface area contributed by atoms with Crippen molar-refractivity contribution >= 4 is 5.91 Å². The Morgan fingerprint density at radius 2 is 1.96 bits per heavy atom. The van der Waals surface area contributed by atoms with Crippen molar-refractivity contribution in [1.82, 2.24) is 19.7 Å². The van der Waals surface area contributed by atoms with Gasteiger partial charge in [0.05, 0.1) is 17.6 Å². The normalized spacial score (nSPS) is 18.9. The zero-order valence-electron chi connectivity index (χ0n) is 16.2. The van der Waals surface area contributed by atoms with Crippen LogP contribution in [0.15, 0.2) is 30.3 Å². The van der Waals surface area contributed by atoms with E-state index in [1.807, 2.05) is 15.6 Å². The van der Waals surface area contributed by atoms with Crippen molar-refractivity contribution in [2.24, 2.45) is 0 Å². The molecule has 0 unspecified atom stereocenters. The van der Waals surface area contributed by atoms with E-state index >= 15 is 0 Å². The Hall–Kier alpha value is -2.21. The van der Waals surface area contributed by atoms with Crippen molar-refractivity contribution in [2.45, 2.75) is 63.5 Å². The van der Waals surface area contributed by atoms with Crippen LogP contribution in [-0.4, -0.2) is 49.4 Å². The summed E-state index contributed by atoms with van der Waals surface area (Å²) in [5, 5.41) is 15.1. The first kappa shape index (κ1) is 18.2. The average molecular weight is 368 g/mol. The number of carbonyl (C=O) groups excluding carboxylic acids is 1. The molecule has 1 aromatic heterocycles. The van der Waals surface area contributed by atoms with E-state index in [1.54, 1.807) is 13.8 Å². The summed E-state index contributed by atoms with van der Waals surface area (Å²) in [5.74, 6) is 1.93. The van der Waals surface area contributed by atoms with Gasteiger partial charge in [-0.2, -0.15) is 5.10 Å². The molecule has 1 aliphatic carbocycles. The van der Waals surface area contributed by atoms with E-state index in [0.29, 0.717) is 25.9 Å². The third kappa shape index (κ3) is 3.76. The van der Waals surface area contributed by atoms with Gasteiger partial charge >= 0.3 is 0 Å². The van der Waals surface area contributed by atoms with E-state index in [1.165, 1.54) is 5.56 Å². The fourth-order valence-electron chi connectivity index (χ4n) is 3.95. The Morgan fingerprint density at radius 3 is 2.56 bits per heavy atom. The van der Waals surface area contributed by atoms with Gasteiger partial charge in [0.15, 0.2) is 5.82 Å². The van der Waals surface area contributed by atoms with E-state index in [9.17, 15) is 9.90 Å². The third-order valence-corrected chi connectivity index (χ3v) is 5.57. The Balaban J connectivity index is 1.61. The van der Waals surface area contributed by atoms with Crippen molar-refractivity contribution < 1.29 is 9.90 Å². The number of hydrogen-bond acceptors (Lipinski definition) is 4. The summed E-state index contributed by atoms with van der Waals surface area (Å²) < 4.78 is 1.85. The molecule has 0 spiro atoms. The van der Waals surface area contributed by atoms with E-state index in [2.05, 4.69) is 24.3 Å². The number of aliphatic hydroxyl groups is 1. The molecule has 1 saturated carbocycles. The highest BCUT2D eigenvalue weighted by Crippen LogP contribution is 2.52.